The van der Waals surface area contributed by atoms with E-state index in [-0.39, 0.29) is 29.7 Å². The lowest BCUT2D eigenvalue weighted by atomic mass is 10.1. The topological polar surface area (TPSA) is 110 Å². The summed E-state index contributed by atoms with van der Waals surface area (Å²) >= 11 is 6.15. The first-order chi connectivity index (χ1) is 13.3. The number of hydrogen-bond acceptors (Lipinski definition) is 4. The van der Waals surface area contributed by atoms with Gasteiger partial charge in [0.15, 0.2) is 0 Å². The van der Waals surface area contributed by atoms with Gasteiger partial charge in [0.1, 0.15) is 0 Å². The number of anilines is 1. The highest BCUT2D eigenvalue weighted by Gasteiger charge is 2.35. The van der Waals surface area contributed by atoms with Gasteiger partial charge in [-0.05, 0) is 36.2 Å². The van der Waals surface area contributed by atoms with Crippen LogP contribution in [0.25, 0.3) is 0 Å². The number of benzene rings is 2. The normalized spacial score (nSPS) is 17.0. The average Bonchev–Trinajstić information content (AvgIpc) is 3.03. The third-order valence-corrected chi connectivity index (χ3v) is 5.85. The van der Waals surface area contributed by atoms with Crippen molar-refractivity contribution >= 4 is 39.1 Å². The first-order valence-electron chi connectivity index (χ1n) is 8.70. The molecule has 3 N–H and O–H groups in total. The van der Waals surface area contributed by atoms with Crippen molar-refractivity contribution in [1.29, 1.82) is 0 Å². The van der Waals surface area contributed by atoms with Crippen molar-refractivity contribution < 1.29 is 18.0 Å². The number of nitrogens with zero attached hydrogens (tertiary/aromatic N) is 1. The number of para-hydroxylation sites is 1. The van der Waals surface area contributed by atoms with Gasteiger partial charge in [0, 0.05) is 19.5 Å². The van der Waals surface area contributed by atoms with Gasteiger partial charge in [0.25, 0.3) is 0 Å². The van der Waals surface area contributed by atoms with E-state index in [0.29, 0.717) is 23.7 Å². The van der Waals surface area contributed by atoms with Crippen LogP contribution in [-0.4, -0.2) is 33.3 Å². The number of nitrogens with two attached hydrogens (primary N) is 1. The molecule has 0 aliphatic carbocycles. The maximum Gasteiger partial charge on any atom is 0.238 e. The molecule has 2 amide bonds. The molecule has 3 rings (SSSR count). The first kappa shape index (κ1) is 20.3. The number of carbonyl (C=O) groups excluding carboxylic acids is 2. The molecule has 7 nitrogen and oxygen atoms in total. The quantitative estimate of drug-likeness (QED) is 0.739. The molecule has 0 bridgehead atoms. The van der Waals surface area contributed by atoms with Gasteiger partial charge in [-0.2, -0.15) is 0 Å². The molecule has 1 saturated heterocycles. The minimum Gasteiger partial charge on any atom is -0.355 e. The van der Waals surface area contributed by atoms with Gasteiger partial charge in [0.2, 0.25) is 21.8 Å². The van der Waals surface area contributed by atoms with Crippen molar-refractivity contribution in [2.24, 2.45) is 11.1 Å². The number of hydrogen-bond donors (Lipinski definition) is 2. The van der Waals surface area contributed by atoms with Gasteiger partial charge in [-0.25, -0.2) is 13.6 Å². The van der Waals surface area contributed by atoms with Crippen molar-refractivity contribution in [3.8, 4) is 0 Å². The maximum absolute atomic E-state index is 12.4. The van der Waals surface area contributed by atoms with Gasteiger partial charge in [-0.3, -0.25) is 9.59 Å². The molecule has 0 radical (unpaired) electrons. The molecule has 0 spiro atoms. The van der Waals surface area contributed by atoms with E-state index in [9.17, 15) is 18.0 Å². The second-order valence-electron chi connectivity index (χ2n) is 6.59. The predicted molar refractivity (Wildman–Crippen MR) is 106 cm³/mol. The number of sulfonamides is 1. The van der Waals surface area contributed by atoms with E-state index in [0.717, 1.165) is 5.56 Å². The lowest BCUT2D eigenvalue weighted by Gasteiger charge is -2.18. The number of halogens is 1. The molecule has 2 aromatic carbocycles. The van der Waals surface area contributed by atoms with Crippen LogP contribution in [0.4, 0.5) is 5.69 Å². The molecule has 0 unspecified atom stereocenters. The molecule has 9 heteroatoms. The van der Waals surface area contributed by atoms with E-state index < -0.39 is 15.9 Å². The van der Waals surface area contributed by atoms with E-state index in [1.165, 1.54) is 12.1 Å². The van der Waals surface area contributed by atoms with Crippen molar-refractivity contribution in [2.75, 3.05) is 18.0 Å². The van der Waals surface area contributed by atoms with E-state index in [2.05, 4.69) is 5.32 Å². The Bertz CT molecular complexity index is 992. The fourth-order valence-corrected chi connectivity index (χ4v) is 3.86. The molecule has 1 atom stereocenters. The summed E-state index contributed by atoms with van der Waals surface area (Å²) in [5, 5.41) is 8.37. The summed E-state index contributed by atoms with van der Waals surface area (Å²) in [6.07, 6.45) is 0.672. The second kappa shape index (κ2) is 8.30. The largest absolute Gasteiger partial charge is 0.355 e. The van der Waals surface area contributed by atoms with Crippen LogP contribution in [0.5, 0.6) is 0 Å². The number of primary sulfonamides is 1. The Morgan fingerprint density at radius 3 is 2.50 bits per heavy atom. The molecule has 0 aromatic heterocycles. The van der Waals surface area contributed by atoms with Crippen LogP contribution in [-0.2, 0) is 26.0 Å². The molecular formula is C19H20ClN3O4S. The second-order valence-corrected chi connectivity index (χ2v) is 8.56. The average molecular weight is 422 g/mol. The third kappa shape index (κ3) is 4.70. The predicted octanol–water partition coefficient (Wildman–Crippen LogP) is 1.70. The minimum atomic E-state index is -3.72. The molecule has 1 aliphatic heterocycles. The highest BCUT2D eigenvalue weighted by Crippen LogP contribution is 2.30. The van der Waals surface area contributed by atoms with E-state index >= 15 is 0 Å². The van der Waals surface area contributed by atoms with Crippen molar-refractivity contribution in [3.63, 3.8) is 0 Å². The Balaban J connectivity index is 1.53. The standard InChI is InChI=1S/C19H20ClN3O4S/c20-16-3-1-2-4-17(16)23-12-14(11-18(23)24)19(25)22-10-9-13-5-7-15(8-6-13)28(21,26)27/h1-8,14H,9-12H2,(H,22,25)(H2,21,26,27)/t14-/m0/s1. The summed E-state index contributed by atoms with van der Waals surface area (Å²) in [7, 11) is -3.72. The highest BCUT2D eigenvalue weighted by molar-refractivity contribution is 7.89. The zero-order chi connectivity index (χ0) is 20.3. The summed E-state index contributed by atoms with van der Waals surface area (Å²) in [5.74, 6) is -0.760. The van der Waals surface area contributed by atoms with E-state index in [4.69, 9.17) is 16.7 Å². The molecule has 1 fully saturated rings. The van der Waals surface area contributed by atoms with Gasteiger partial charge >= 0.3 is 0 Å². The Labute approximate surface area is 168 Å². The molecule has 148 valence electrons. The van der Waals surface area contributed by atoms with Crippen molar-refractivity contribution in [1.82, 2.24) is 5.32 Å². The van der Waals surface area contributed by atoms with Gasteiger partial charge in [-0.1, -0.05) is 35.9 Å². The number of nitrogens with one attached hydrogen (secondary N) is 1. The van der Waals surface area contributed by atoms with Crippen LogP contribution in [0.2, 0.25) is 5.02 Å². The monoisotopic (exact) mass is 421 g/mol. The Kier molecular flexibility index (Phi) is 6.02. The van der Waals surface area contributed by atoms with E-state index in [1.807, 2.05) is 0 Å². The SMILES string of the molecule is NS(=O)(=O)c1ccc(CCNC(=O)[C@H]2CC(=O)N(c3ccccc3Cl)C2)cc1. The smallest absolute Gasteiger partial charge is 0.238 e. The van der Waals surface area contributed by atoms with Crippen LogP contribution in [0.1, 0.15) is 12.0 Å². The summed E-state index contributed by atoms with van der Waals surface area (Å²) in [5.41, 5.74) is 1.48. The summed E-state index contributed by atoms with van der Waals surface area (Å²) in [4.78, 5) is 26.3. The van der Waals surface area contributed by atoms with Gasteiger partial charge in [-0.15, -0.1) is 0 Å². The first-order valence-corrected chi connectivity index (χ1v) is 10.6. The fraction of sp³-hybridized carbons (Fsp3) is 0.263. The molecular weight excluding hydrogens is 402 g/mol. The summed E-state index contributed by atoms with van der Waals surface area (Å²) in [6.45, 7) is 0.668. The lowest BCUT2D eigenvalue weighted by Crippen LogP contribution is -2.34. The minimum absolute atomic E-state index is 0.0458. The third-order valence-electron chi connectivity index (χ3n) is 4.60. The molecule has 28 heavy (non-hydrogen) atoms. The fourth-order valence-electron chi connectivity index (χ4n) is 3.11. The van der Waals surface area contributed by atoms with Crippen LogP contribution in [0, 0.1) is 5.92 Å². The zero-order valence-electron chi connectivity index (χ0n) is 15.0. The van der Waals surface area contributed by atoms with Crippen LogP contribution >= 0.6 is 11.6 Å². The summed E-state index contributed by atoms with van der Waals surface area (Å²) < 4.78 is 22.5. The van der Waals surface area contributed by atoms with Crippen LogP contribution in [0.3, 0.4) is 0 Å². The van der Waals surface area contributed by atoms with E-state index in [1.54, 1.807) is 41.3 Å². The number of amides is 2. The Morgan fingerprint density at radius 2 is 1.86 bits per heavy atom. The summed E-state index contributed by atoms with van der Waals surface area (Å²) in [6, 6.07) is 13.2. The van der Waals surface area contributed by atoms with Crippen molar-refractivity contribution in [2.45, 2.75) is 17.7 Å². The highest BCUT2D eigenvalue weighted by atomic mass is 35.5. The molecule has 1 heterocycles. The number of rotatable bonds is 6. The van der Waals surface area contributed by atoms with Crippen molar-refractivity contribution in [3.05, 3.63) is 59.1 Å². The van der Waals surface area contributed by atoms with Crippen LogP contribution < -0.4 is 15.4 Å². The zero-order valence-corrected chi connectivity index (χ0v) is 16.5. The van der Waals surface area contributed by atoms with Crippen LogP contribution in [0.15, 0.2) is 53.4 Å². The Morgan fingerprint density at radius 1 is 1.18 bits per heavy atom. The molecule has 1 aliphatic rings. The molecule has 2 aromatic rings. The number of carbonyl (C=O) groups is 2. The lowest BCUT2D eigenvalue weighted by molar-refractivity contribution is -0.126. The maximum atomic E-state index is 12.4. The van der Waals surface area contributed by atoms with Gasteiger partial charge in [0.05, 0.1) is 21.5 Å². The Hall–Kier alpha value is -2.42. The molecule has 0 saturated carbocycles. The van der Waals surface area contributed by atoms with Gasteiger partial charge < -0.3 is 10.2 Å².